The van der Waals surface area contributed by atoms with Crippen LogP contribution in [0, 0.1) is 11.3 Å². The highest BCUT2D eigenvalue weighted by atomic mass is 35.5. The van der Waals surface area contributed by atoms with Crippen LogP contribution in [0.3, 0.4) is 0 Å². The van der Waals surface area contributed by atoms with E-state index in [0.717, 1.165) is 22.4 Å². The number of hydrogen-bond acceptors (Lipinski definition) is 4. The first-order valence-electron chi connectivity index (χ1n) is 8.94. The van der Waals surface area contributed by atoms with E-state index in [2.05, 4.69) is 6.07 Å². The van der Waals surface area contributed by atoms with E-state index in [4.69, 9.17) is 25.8 Å². The Morgan fingerprint density at radius 2 is 1.66 bits per heavy atom. The summed E-state index contributed by atoms with van der Waals surface area (Å²) in [5.41, 5.74) is 3.21. The second-order valence-corrected chi connectivity index (χ2v) is 6.66. The van der Waals surface area contributed by atoms with Crippen molar-refractivity contribution in [3.8, 4) is 23.3 Å². The normalized spacial score (nSPS) is 10.9. The third-order valence-electron chi connectivity index (χ3n) is 4.33. The van der Waals surface area contributed by atoms with Crippen LogP contribution in [0.2, 0.25) is 5.02 Å². The molecule has 0 radical (unpaired) electrons. The minimum Gasteiger partial charge on any atom is -0.497 e. The van der Waals surface area contributed by atoms with Crippen LogP contribution >= 0.6 is 11.6 Å². The topological polar surface area (TPSA) is 51.5 Å². The van der Waals surface area contributed by atoms with Crippen molar-refractivity contribution in [3.05, 3.63) is 88.4 Å². The van der Waals surface area contributed by atoms with Gasteiger partial charge in [0.2, 0.25) is 0 Å². The first-order valence-corrected chi connectivity index (χ1v) is 9.32. The molecule has 0 bridgehead atoms. The largest absolute Gasteiger partial charge is 0.497 e. The third kappa shape index (κ3) is 5.31. The van der Waals surface area contributed by atoms with Gasteiger partial charge in [0.25, 0.3) is 0 Å². The molecular formula is C24H20ClNO3. The minimum atomic E-state index is 0.401. The van der Waals surface area contributed by atoms with Crippen molar-refractivity contribution in [1.29, 1.82) is 5.26 Å². The zero-order valence-corrected chi connectivity index (χ0v) is 16.9. The summed E-state index contributed by atoms with van der Waals surface area (Å²) in [6.45, 7) is 0.401. The fourth-order valence-corrected chi connectivity index (χ4v) is 2.88. The predicted molar refractivity (Wildman–Crippen MR) is 115 cm³/mol. The molecule has 5 heteroatoms. The van der Waals surface area contributed by atoms with Gasteiger partial charge in [0.05, 0.1) is 25.9 Å². The molecule has 0 spiro atoms. The lowest BCUT2D eigenvalue weighted by atomic mass is 10.0. The number of rotatable bonds is 7. The zero-order chi connectivity index (χ0) is 20.6. The van der Waals surface area contributed by atoms with Gasteiger partial charge in [-0.3, -0.25) is 0 Å². The van der Waals surface area contributed by atoms with Crippen LogP contribution in [0.1, 0.15) is 16.7 Å². The van der Waals surface area contributed by atoms with E-state index in [1.165, 1.54) is 0 Å². The Balaban J connectivity index is 1.80. The van der Waals surface area contributed by atoms with Gasteiger partial charge in [-0.2, -0.15) is 5.26 Å². The predicted octanol–water partition coefficient (Wildman–Crippen LogP) is 6.00. The Morgan fingerprint density at radius 1 is 0.931 bits per heavy atom. The van der Waals surface area contributed by atoms with Crippen molar-refractivity contribution < 1.29 is 14.2 Å². The standard InChI is InChI=1S/C24H20ClNO3/c1-27-22-10-6-19(7-11-22)20(15-26)13-18-5-12-23(24(14-18)28-2)29-16-17-3-8-21(25)9-4-17/h3-14H,16H2,1-2H3/b20-13+. The van der Waals surface area contributed by atoms with Crippen LogP contribution in [-0.2, 0) is 6.61 Å². The lowest BCUT2D eigenvalue weighted by Gasteiger charge is -2.12. The van der Waals surface area contributed by atoms with E-state index in [9.17, 15) is 5.26 Å². The number of methoxy groups -OCH3 is 2. The molecule has 146 valence electrons. The quantitative estimate of drug-likeness (QED) is 0.357. The zero-order valence-electron chi connectivity index (χ0n) is 16.2. The average Bonchev–Trinajstić information content (AvgIpc) is 2.77. The molecule has 3 aromatic carbocycles. The monoisotopic (exact) mass is 405 g/mol. The molecule has 4 nitrogen and oxygen atoms in total. The van der Waals surface area contributed by atoms with Crippen molar-refractivity contribution >= 4 is 23.3 Å². The molecule has 0 aromatic heterocycles. The van der Waals surface area contributed by atoms with Crippen LogP contribution < -0.4 is 14.2 Å². The minimum absolute atomic E-state index is 0.401. The summed E-state index contributed by atoms with van der Waals surface area (Å²) >= 11 is 5.91. The van der Waals surface area contributed by atoms with E-state index < -0.39 is 0 Å². The summed E-state index contributed by atoms with van der Waals surface area (Å²) in [6.07, 6.45) is 1.81. The summed E-state index contributed by atoms with van der Waals surface area (Å²) in [7, 11) is 3.20. The molecule has 0 atom stereocenters. The Hall–Kier alpha value is -3.42. The van der Waals surface area contributed by atoms with Gasteiger partial charge in [0.15, 0.2) is 11.5 Å². The van der Waals surface area contributed by atoms with Crippen LogP contribution in [0.5, 0.6) is 17.2 Å². The molecule has 0 fully saturated rings. The lowest BCUT2D eigenvalue weighted by molar-refractivity contribution is 0.284. The second kappa shape index (κ2) is 9.68. The molecule has 3 aromatic rings. The Labute approximate surface area is 175 Å². The molecular weight excluding hydrogens is 386 g/mol. The first-order chi connectivity index (χ1) is 14.1. The summed E-state index contributed by atoms with van der Waals surface area (Å²) in [6, 6.07) is 22.7. The Morgan fingerprint density at radius 3 is 2.28 bits per heavy atom. The average molecular weight is 406 g/mol. The summed E-state index contributed by atoms with van der Waals surface area (Å²) in [5, 5.41) is 10.3. The maximum Gasteiger partial charge on any atom is 0.161 e. The van der Waals surface area contributed by atoms with E-state index in [1.54, 1.807) is 14.2 Å². The molecule has 0 saturated carbocycles. The number of hydrogen-bond donors (Lipinski definition) is 0. The fourth-order valence-electron chi connectivity index (χ4n) is 2.75. The number of benzene rings is 3. The number of nitrogens with zero attached hydrogens (tertiary/aromatic N) is 1. The van der Waals surface area contributed by atoms with Gasteiger partial charge in [-0.15, -0.1) is 0 Å². The molecule has 0 aliphatic rings. The fraction of sp³-hybridized carbons (Fsp3) is 0.125. The number of halogens is 1. The summed E-state index contributed by atoms with van der Waals surface area (Å²) < 4.78 is 16.5. The molecule has 0 aliphatic carbocycles. The lowest BCUT2D eigenvalue weighted by Crippen LogP contribution is -1.98. The molecule has 0 amide bonds. The van der Waals surface area contributed by atoms with Gasteiger partial charge in [-0.1, -0.05) is 29.8 Å². The van der Waals surface area contributed by atoms with Crippen LogP contribution in [-0.4, -0.2) is 14.2 Å². The summed E-state index contributed by atoms with van der Waals surface area (Å²) in [4.78, 5) is 0. The number of nitriles is 1. The molecule has 3 rings (SSSR count). The van der Waals surface area contributed by atoms with Gasteiger partial charge < -0.3 is 14.2 Å². The van der Waals surface area contributed by atoms with Gasteiger partial charge in [0, 0.05) is 5.02 Å². The van der Waals surface area contributed by atoms with Gasteiger partial charge in [-0.05, 0) is 71.3 Å². The molecule has 0 N–H and O–H groups in total. The van der Waals surface area contributed by atoms with Crippen molar-refractivity contribution in [1.82, 2.24) is 0 Å². The Bertz CT molecular complexity index is 1040. The highest BCUT2D eigenvalue weighted by Gasteiger charge is 2.08. The smallest absolute Gasteiger partial charge is 0.161 e. The molecule has 0 unspecified atom stereocenters. The third-order valence-corrected chi connectivity index (χ3v) is 4.58. The number of allylic oxidation sites excluding steroid dienone is 1. The highest BCUT2D eigenvalue weighted by Crippen LogP contribution is 2.31. The molecule has 0 heterocycles. The Kier molecular flexibility index (Phi) is 6.78. The van der Waals surface area contributed by atoms with Crippen LogP contribution in [0.4, 0.5) is 0 Å². The van der Waals surface area contributed by atoms with Crippen molar-refractivity contribution in [2.24, 2.45) is 0 Å². The van der Waals surface area contributed by atoms with Crippen molar-refractivity contribution in [2.45, 2.75) is 6.61 Å². The second-order valence-electron chi connectivity index (χ2n) is 6.22. The van der Waals surface area contributed by atoms with E-state index >= 15 is 0 Å². The summed E-state index contributed by atoms with van der Waals surface area (Å²) in [5.74, 6) is 1.97. The van der Waals surface area contributed by atoms with E-state index in [-0.39, 0.29) is 0 Å². The molecule has 0 aliphatic heterocycles. The van der Waals surface area contributed by atoms with Gasteiger partial charge in [-0.25, -0.2) is 0 Å². The molecule has 0 saturated heterocycles. The van der Waals surface area contributed by atoms with Gasteiger partial charge >= 0.3 is 0 Å². The van der Waals surface area contributed by atoms with Crippen LogP contribution in [0.15, 0.2) is 66.7 Å². The van der Waals surface area contributed by atoms with Crippen molar-refractivity contribution in [3.63, 3.8) is 0 Å². The first kappa shape index (κ1) is 20.3. The number of ether oxygens (including phenoxy) is 3. The SMILES string of the molecule is COc1ccc(/C(C#N)=C/c2ccc(OCc3ccc(Cl)cc3)c(OC)c2)cc1. The highest BCUT2D eigenvalue weighted by molar-refractivity contribution is 6.30. The van der Waals surface area contributed by atoms with E-state index in [0.29, 0.717) is 28.7 Å². The van der Waals surface area contributed by atoms with E-state index in [1.807, 2.05) is 72.8 Å². The maximum absolute atomic E-state index is 9.56. The maximum atomic E-state index is 9.56. The van der Waals surface area contributed by atoms with Gasteiger partial charge in [0.1, 0.15) is 12.4 Å². The van der Waals surface area contributed by atoms with Crippen LogP contribution in [0.25, 0.3) is 11.6 Å². The van der Waals surface area contributed by atoms with Crippen molar-refractivity contribution in [2.75, 3.05) is 14.2 Å². The molecule has 29 heavy (non-hydrogen) atoms.